The summed E-state index contributed by atoms with van der Waals surface area (Å²) >= 11 is 0. The molecular formula is C15H18N2. The summed E-state index contributed by atoms with van der Waals surface area (Å²) in [4.78, 5) is 0. The van der Waals surface area contributed by atoms with Crippen molar-refractivity contribution in [2.24, 2.45) is 0 Å². The number of hydrogen-bond acceptors (Lipinski definition) is 2. The number of nitrogens with two attached hydrogens (primary N) is 1. The number of fused-ring (bicyclic) bond motifs is 1. The Balaban J connectivity index is 2.37. The molecule has 0 aliphatic heterocycles. The van der Waals surface area contributed by atoms with Gasteiger partial charge < -0.3 is 11.1 Å². The molecule has 2 rings (SSSR count). The Labute approximate surface area is 102 Å². The predicted octanol–water partition coefficient (Wildman–Crippen LogP) is 3.80. The van der Waals surface area contributed by atoms with Gasteiger partial charge in [-0.3, -0.25) is 0 Å². The van der Waals surface area contributed by atoms with Gasteiger partial charge in [-0.1, -0.05) is 35.9 Å². The Morgan fingerprint density at radius 3 is 2.59 bits per heavy atom. The Bertz CT molecular complexity index is 547. The van der Waals surface area contributed by atoms with E-state index in [-0.39, 0.29) is 0 Å². The molecule has 0 saturated heterocycles. The lowest BCUT2D eigenvalue weighted by Gasteiger charge is -2.10. The Hall–Kier alpha value is -1.96. The zero-order chi connectivity index (χ0) is 12.3. The summed E-state index contributed by atoms with van der Waals surface area (Å²) in [6.07, 6.45) is 2.16. The third-order valence-corrected chi connectivity index (χ3v) is 2.74. The van der Waals surface area contributed by atoms with Crippen molar-refractivity contribution in [2.75, 3.05) is 17.6 Å². The molecule has 0 bridgehead atoms. The second kappa shape index (κ2) is 4.91. The van der Waals surface area contributed by atoms with Gasteiger partial charge >= 0.3 is 0 Å². The van der Waals surface area contributed by atoms with Crippen molar-refractivity contribution >= 4 is 22.1 Å². The van der Waals surface area contributed by atoms with Gasteiger partial charge in [0, 0.05) is 23.3 Å². The van der Waals surface area contributed by atoms with Crippen LogP contribution in [0.25, 0.3) is 10.8 Å². The molecule has 0 heterocycles. The van der Waals surface area contributed by atoms with E-state index in [9.17, 15) is 0 Å². The zero-order valence-electron chi connectivity index (χ0n) is 10.3. The van der Waals surface area contributed by atoms with E-state index in [1.54, 1.807) is 0 Å². The first kappa shape index (κ1) is 11.5. The summed E-state index contributed by atoms with van der Waals surface area (Å²) in [6, 6.07) is 12.2. The standard InChI is InChI=1S/C15H18N2/c1-11(2)9-10-17-14-8-4-6-12-5-3-7-13(16)15(12)14/h3-9,17H,10,16H2,1-2H3. The molecule has 3 N–H and O–H groups in total. The highest BCUT2D eigenvalue weighted by Crippen LogP contribution is 2.28. The monoisotopic (exact) mass is 226 g/mol. The van der Waals surface area contributed by atoms with Gasteiger partial charge in [0.15, 0.2) is 0 Å². The lowest BCUT2D eigenvalue weighted by Crippen LogP contribution is -2.00. The highest BCUT2D eigenvalue weighted by atomic mass is 14.9. The maximum Gasteiger partial charge on any atom is 0.0443 e. The molecule has 0 fully saturated rings. The van der Waals surface area contributed by atoms with Gasteiger partial charge in [-0.05, 0) is 31.4 Å². The fraction of sp³-hybridized carbons (Fsp3) is 0.200. The topological polar surface area (TPSA) is 38.0 Å². The quantitative estimate of drug-likeness (QED) is 0.617. The fourth-order valence-corrected chi connectivity index (χ4v) is 1.88. The van der Waals surface area contributed by atoms with Crippen molar-refractivity contribution in [3.63, 3.8) is 0 Å². The molecule has 0 aliphatic carbocycles. The summed E-state index contributed by atoms with van der Waals surface area (Å²) in [7, 11) is 0. The summed E-state index contributed by atoms with van der Waals surface area (Å²) < 4.78 is 0. The fourth-order valence-electron chi connectivity index (χ4n) is 1.88. The van der Waals surface area contributed by atoms with E-state index in [1.807, 2.05) is 18.2 Å². The van der Waals surface area contributed by atoms with E-state index in [1.165, 1.54) is 11.0 Å². The molecule has 2 aromatic carbocycles. The van der Waals surface area contributed by atoms with Crippen molar-refractivity contribution in [1.82, 2.24) is 0 Å². The largest absolute Gasteiger partial charge is 0.398 e. The molecule has 0 saturated carbocycles. The van der Waals surface area contributed by atoms with Crippen LogP contribution in [0.4, 0.5) is 11.4 Å². The molecule has 0 amide bonds. The van der Waals surface area contributed by atoms with Crippen LogP contribution in [0.5, 0.6) is 0 Å². The van der Waals surface area contributed by atoms with Gasteiger partial charge in [0.1, 0.15) is 0 Å². The maximum absolute atomic E-state index is 6.03. The van der Waals surface area contributed by atoms with Crippen molar-refractivity contribution in [3.05, 3.63) is 48.0 Å². The highest BCUT2D eigenvalue weighted by molar-refractivity contribution is 6.02. The highest BCUT2D eigenvalue weighted by Gasteiger charge is 2.02. The van der Waals surface area contributed by atoms with Crippen molar-refractivity contribution in [2.45, 2.75) is 13.8 Å². The molecule has 88 valence electrons. The summed E-state index contributed by atoms with van der Waals surface area (Å²) in [5, 5.41) is 5.69. The number of nitrogens with one attached hydrogen (secondary N) is 1. The van der Waals surface area contributed by atoms with Crippen LogP contribution in [0.3, 0.4) is 0 Å². The summed E-state index contributed by atoms with van der Waals surface area (Å²) in [5.74, 6) is 0. The van der Waals surface area contributed by atoms with Crippen molar-refractivity contribution < 1.29 is 0 Å². The van der Waals surface area contributed by atoms with Gasteiger partial charge in [-0.2, -0.15) is 0 Å². The van der Waals surface area contributed by atoms with Crippen molar-refractivity contribution in [1.29, 1.82) is 0 Å². The second-order valence-corrected chi connectivity index (χ2v) is 4.41. The Kier molecular flexibility index (Phi) is 3.33. The number of anilines is 2. The smallest absolute Gasteiger partial charge is 0.0443 e. The SMILES string of the molecule is CC(C)=CCNc1cccc2cccc(N)c12. The van der Waals surface area contributed by atoms with Gasteiger partial charge in [0.05, 0.1) is 0 Å². The molecule has 0 aromatic heterocycles. The number of rotatable bonds is 3. The van der Waals surface area contributed by atoms with Crippen LogP contribution in [0.1, 0.15) is 13.8 Å². The van der Waals surface area contributed by atoms with E-state index < -0.39 is 0 Å². The molecule has 17 heavy (non-hydrogen) atoms. The minimum Gasteiger partial charge on any atom is -0.398 e. The van der Waals surface area contributed by atoms with Gasteiger partial charge in [0.2, 0.25) is 0 Å². The van der Waals surface area contributed by atoms with E-state index in [2.05, 4.69) is 43.4 Å². The molecule has 2 nitrogen and oxygen atoms in total. The van der Waals surface area contributed by atoms with Crippen LogP contribution in [0.2, 0.25) is 0 Å². The minimum atomic E-state index is 0.822. The van der Waals surface area contributed by atoms with Crippen LogP contribution in [-0.4, -0.2) is 6.54 Å². The number of nitrogen functional groups attached to an aromatic ring is 1. The zero-order valence-corrected chi connectivity index (χ0v) is 10.3. The molecular weight excluding hydrogens is 208 g/mol. The van der Waals surface area contributed by atoms with E-state index >= 15 is 0 Å². The molecule has 2 heteroatoms. The minimum absolute atomic E-state index is 0.822. The first-order chi connectivity index (χ1) is 8.18. The van der Waals surface area contributed by atoms with E-state index in [0.29, 0.717) is 0 Å². The molecule has 0 atom stereocenters. The first-order valence-electron chi connectivity index (χ1n) is 5.83. The second-order valence-electron chi connectivity index (χ2n) is 4.41. The number of allylic oxidation sites excluding steroid dienone is 1. The van der Waals surface area contributed by atoms with Crippen LogP contribution in [0, 0.1) is 0 Å². The third-order valence-electron chi connectivity index (χ3n) is 2.74. The number of benzene rings is 2. The molecule has 0 radical (unpaired) electrons. The van der Waals surface area contributed by atoms with Crippen molar-refractivity contribution in [3.8, 4) is 0 Å². The van der Waals surface area contributed by atoms with Crippen LogP contribution >= 0.6 is 0 Å². The maximum atomic E-state index is 6.03. The molecule has 0 aliphatic rings. The van der Waals surface area contributed by atoms with Crippen LogP contribution in [-0.2, 0) is 0 Å². The Morgan fingerprint density at radius 2 is 1.88 bits per heavy atom. The first-order valence-corrected chi connectivity index (χ1v) is 5.83. The van der Waals surface area contributed by atoms with Gasteiger partial charge in [0.25, 0.3) is 0 Å². The van der Waals surface area contributed by atoms with Gasteiger partial charge in [-0.25, -0.2) is 0 Å². The number of hydrogen-bond donors (Lipinski definition) is 2. The lowest BCUT2D eigenvalue weighted by molar-refractivity contribution is 1.27. The summed E-state index contributed by atoms with van der Waals surface area (Å²) in [6.45, 7) is 5.02. The molecule has 0 spiro atoms. The van der Waals surface area contributed by atoms with Crippen LogP contribution in [0.15, 0.2) is 48.0 Å². The lowest BCUT2D eigenvalue weighted by atomic mass is 10.1. The van der Waals surface area contributed by atoms with E-state index in [0.717, 1.165) is 23.3 Å². The van der Waals surface area contributed by atoms with Crippen LogP contribution < -0.4 is 11.1 Å². The average molecular weight is 226 g/mol. The third kappa shape index (κ3) is 2.59. The normalized spacial score (nSPS) is 10.2. The molecule has 0 unspecified atom stereocenters. The molecule has 2 aromatic rings. The average Bonchev–Trinajstić information content (AvgIpc) is 2.29. The van der Waals surface area contributed by atoms with Gasteiger partial charge in [-0.15, -0.1) is 0 Å². The Morgan fingerprint density at radius 1 is 1.18 bits per heavy atom. The predicted molar refractivity (Wildman–Crippen MR) is 76.3 cm³/mol. The van der Waals surface area contributed by atoms with E-state index in [4.69, 9.17) is 5.73 Å². The summed E-state index contributed by atoms with van der Waals surface area (Å²) in [5.41, 5.74) is 9.26.